The van der Waals surface area contributed by atoms with Gasteiger partial charge in [0.25, 0.3) is 0 Å². The summed E-state index contributed by atoms with van der Waals surface area (Å²) in [6, 6.07) is 16.4. The Kier molecular flexibility index (Phi) is 33.0. The van der Waals surface area contributed by atoms with Gasteiger partial charge in [0, 0.05) is 65.2 Å². The first-order chi connectivity index (χ1) is 50.3. The van der Waals surface area contributed by atoms with E-state index in [1.807, 2.05) is 143 Å². The number of ether oxygens (including phenoxy) is 8. The van der Waals surface area contributed by atoms with Crippen molar-refractivity contribution in [1.82, 2.24) is 50.5 Å². The third-order valence-electron chi connectivity index (χ3n) is 17.4. The van der Waals surface area contributed by atoms with Crippen LogP contribution in [0, 0.1) is 39.5 Å². The average molecular weight is 1520 g/mol. The number of carbonyl (C=O) groups is 6. The first-order valence-corrected chi connectivity index (χ1v) is 37.8. The Morgan fingerprint density at radius 2 is 0.858 bits per heavy atom. The summed E-state index contributed by atoms with van der Waals surface area (Å²) in [7, 11) is 3.32. The van der Waals surface area contributed by atoms with Gasteiger partial charge in [0.1, 0.15) is 46.6 Å². The molecule has 6 heterocycles. The van der Waals surface area contributed by atoms with Crippen molar-refractivity contribution >= 4 is 58.5 Å². The highest BCUT2D eigenvalue weighted by molar-refractivity contribution is 7.13. The van der Waals surface area contributed by atoms with Gasteiger partial charge in [-0.3, -0.25) is 19.2 Å². The van der Waals surface area contributed by atoms with E-state index in [1.165, 1.54) is 19.6 Å². The fraction of sp³-hybridized carbons (Fsp3) is 0.605. The number of aromatic nitrogens is 4. The number of hydrogen-bond acceptors (Lipinski definition) is 24. The third kappa shape index (κ3) is 26.3. The van der Waals surface area contributed by atoms with E-state index in [1.54, 1.807) is 62.7 Å². The van der Waals surface area contributed by atoms with E-state index in [2.05, 4.69) is 30.9 Å². The number of rotatable bonds is 36. The molecule has 8 atom stereocenters. The van der Waals surface area contributed by atoms with Crippen molar-refractivity contribution in [2.75, 3.05) is 120 Å². The van der Waals surface area contributed by atoms with Crippen LogP contribution in [-0.2, 0) is 57.1 Å². The molecule has 30 heteroatoms. The Balaban J connectivity index is 0.000000296. The highest BCUT2D eigenvalue weighted by Crippen LogP contribution is 2.35. The predicted molar refractivity (Wildman–Crippen MR) is 399 cm³/mol. The van der Waals surface area contributed by atoms with Crippen molar-refractivity contribution in [3.8, 4) is 20.9 Å². The van der Waals surface area contributed by atoms with Crippen molar-refractivity contribution < 1.29 is 85.9 Å². The van der Waals surface area contributed by atoms with Crippen molar-refractivity contribution in [2.24, 2.45) is 11.8 Å². The zero-order chi connectivity index (χ0) is 77.4. The molecule has 106 heavy (non-hydrogen) atoms. The van der Waals surface area contributed by atoms with E-state index in [4.69, 9.17) is 46.9 Å². The minimum Gasteiger partial charge on any atom is -0.444 e. The summed E-state index contributed by atoms with van der Waals surface area (Å²) < 4.78 is 56.1. The van der Waals surface area contributed by atoms with Gasteiger partial charge in [0.05, 0.1) is 147 Å². The van der Waals surface area contributed by atoms with Gasteiger partial charge in [0.2, 0.25) is 23.6 Å². The molecule has 8 rings (SSSR count). The molecule has 0 spiro atoms. The molecule has 1 unspecified atom stereocenters. The summed E-state index contributed by atoms with van der Waals surface area (Å²) in [6.45, 7) is 30.5. The quantitative estimate of drug-likeness (QED) is 0.0266. The highest BCUT2D eigenvalue weighted by atomic mass is 32.1. The summed E-state index contributed by atoms with van der Waals surface area (Å²) in [5.41, 5.74) is 9.39. The molecule has 4 N–H and O–H groups in total. The molecular weight excluding hydrogens is 1410 g/mol. The Morgan fingerprint density at radius 3 is 1.15 bits per heavy atom. The third-order valence-corrected chi connectivity index (χ3v) is 19.3. The minimum atomic E-state index is -0.878. The topological polar surface area (TPSA) is 332 Å². The Labute approximate surface area is 630 Å². The number of likely N-dealkylation sites (N-methyl/N-ethyl adjacent to an activating group) is 2. The van der Waals surface area contributed by atoms with Crippen LogP contribution in [0.3, 0.4) is 0 Å². The van der Waals surface area contributed by atoms with E-state index in [0.717, 1.165) is 43.4 Å². The maximum Gasteiger partial charge on any atom is 0.410 e. The van der Waals surface area contributed by atoms with Crippen LogP contribution in [0.4, 0.5) is 9.59 Å². The maximum atomic E-state index is 13.9. The summed E-state index contributed by atoms with van der Waals surface area (Å²) in [4.78, 5) is 96.6. The summed E-state index contributed by atoms with van der Waals surface area (Å²) >= 11 is 3.12. The average Bonchev–Trinajstić information content (AvgIpc) is 1.64. The standard InChI is InChI=1S/2C38H55N5O9S/c2*1-24(2)33(32-19-25(3)41-52-32)36(46)43-21-29(44)20-31(43)35(45)40-30(27-9-11-28(12-10-27)34-26(4)39-23-53-34)22-50-18-17-49-16-15-48-14-13-42(8)37(47)51-38(5,6)7/h2*9-12,19,23-24,29-31,33,44H,13-18,20-22H2,1-8H3,(H,40,45)/t29-,30+,31+,33?;29-,30+,31+,33-/m11/s1. The molecule has 2 fully saturated rings. The van der Waals surface area contributed by atoms with Gasteiger partial charge < -0.3 is 87.4 Å². The molecule has 584 valence electrons. The molecule has 28 nitrogen and oxygen atoms in total. The lowest BCUT2D eigenvalue weighted by atomic mass is 9.91. The van der Waals surface area contributed by atoms with Crippen LogP contribution in [0.2, 0.25) is 0 Å². The van der Waals surface area contributed by atoms with Crippen LogP contribution in [0.25, 0.3) is 20.9 Å². The molecule has 0 bridgehead atoms. The number of carbonyl (C=O) groups excluding carboxylic acids is 6. The number of hydrogen-bond donors (Lipinski definition) is 4. The lowest BCUT2D eigenvalue weighted by Crippen LogP contribution is -2.49. The van der Waals surface area contributed by atoms with Crippen LogP contribution in [0.15, 0.2) is 80.7 Å². The van der Waals surface area contributed by atoms with Crippen LogP contribution in [-0.4, -0.2) is 241 Å². The summed E-state index contributed by atoms with van der Waals surface area (Å²) in [5.74, 6) is -2.03. The van der Waals surface area contributed by atoms with Crippen molar-refractivity contribution in [2.45, 2.75) is 169 Å². The van der Waals surface area contributed by atoms with Crippen LogP contribution < -0.4 is 10.6 Å². The molecule has 6 aromatic rings. The van der Waals surface area contributed by atoms with Crippen molar-refractivity contribution in [3.63, 3.8) is 0 Å². The Hall–Kier alpha value is -7.78. The lowest BCUT2D eigenvalue weighted by molar-refractivity contribution is -0.141. The second-order valence-corrected chi connectivity index (χ2v) is 31.0. The molecule has 6 amide bonds. The number of thiazole rings is 2. The fourth-order valence-electron chi connectivity index (χ4n) is 11.9. The minimum absolute atomic E-state index is 0.0405. The van der Waals surface area contributed by atoms with E-state index in [-0.39, 0.29) is 87.8 Å². The first-order valence-electron chi connectivity index (χ1n) is 36.1. The lowest BCUT2D eigenvalue weighted by Gasteiger charge is -2.30. The largest absolute Gasteiger partial charge is 0.444 e. The van der Waals surface area contributed by atoms with Gasteiger partial charge in [-0.15, -0.1) is 22.7 Å². The van der Waals surface area contributed by atoms with Crippen molar-refractivity contribution in [3.05, 3.63) is 117 Å². The van der Waals surface area contributed by atoms with E-state index in [9.17, 15) is 39.0 Å². The van der Waals surface area contributed by atoms with E-state index >= 15 is 0 Å². The molecule has 0 aliphatic carbocycles. The summed E-state index contributed by atoms with van der Waals surface area (Å²) in [6.07, 6.45) is -2.27. The number of amides is 6. The second-order valence-electron chi connectivity index (χ2n) is 29.3. The van der Waals surface area contributed by atoms with Gasteiger partial charge in [0.15, 0.2) is 0 Å². The van der Waals surface area contributed by atoms with Gasteiger partial charge in [-0.05, 0) is 103 Å². The van der Waals surface area contributed by atoms with Gasteiger partial charge in [-0.1, -0.05) is 86.5 Å². The highest BCUT2D eigenvalue weighted by Gasteiger charge is 2.46. The predicted octanol–water partition coefficient (Wildman–Crippen LogP) is 9.78. The van der Waals surface area contributed by atoms with Gasteiger partial charge >= 0.3 is 12.2 Å². The van der Waals surface area contributed by atoms with Gasteiger partial charge in [-0.2, -0.15) is 0 Å². The number of aliphatic hydroxyl groups is 2. The number of benzene rings is 2. The number of aryl methyl sites for hydroxylation is 4. The maximum absolute atomic E-state index is 13.9. The molecule has 4 aromatic heterocycles. The Bertz CT molecular complexity index is 3480. The smallest absolute Gasteiger partial charge is 0.410 e. The molecule has 0 saturated carbocycles. The van der Waals surface area contributed by atoms with Crippen LogP contribution in [0.5, 0.6) is 0 Å². The zero-order valence-corrected chi connectivity index (χ0v) is 65.9. The molecule has 2 aromatic carbocycles. The van der Waals surface area contributed by atoms with Crippen LogP contribution >= 0.6 is 22.7 Å². The number of aliphatic hydroxyl groups excluding tert-OH is 2. The Morgan fingerprint density at radius 1 is 0.528 bits per heavy atom. The van der Waals surface area contributed by atoms with E-state index < -0.39 is 71.6 Å². The van der Waals surface area contributed by atoms with Crippen molar-refractivity contribution in [1.29, 1.82) is 0 Å². The van der Waals surface area contributed by atoms with Crippen LogP contribution in [0.1, 0.15) is 151 Å². The normalized spacial score (nSPS) is 17.2. The first kappa shape index (κ1) is 85.5. The molecular formula is C76H110N10O18S2. The monoisotopic (exact) mass is 1510 g/mol. The molecule has 0 radical (unpaired) electrons. The van der Waals surface area contributed by atoms with E-state index in [0.29, 0.717) is 88.9 Å². The fourth-order valence-corrected chi connectivity index (χ4v) is 13.5. The number of likely N-dealkylation sites (tertiary alicyclic amines) is 2. The molecule has 2 aliphatic rings. The number of nitrogens with zero attached hydrogens (tertiary/aromatic N) is 8. The number of β-amino-alcohol motifs (C(OH)–C–C–N with tert-alkyl or cyclic N) is 2. The molecule has 2 saturated heterocycles. The molecule has 2 aliphatic heterocycles. The SMILES string of the molecule is Cc1cc(C(C(=O)N2C[C@H](O)C[C@H]2C(=O)N[C@@H](COCCOCCOCCN(C)C(=O)OC(C)(C)C)c2ccc(-c3scnc3C)cc2)C(C)C)on1.Cc1cc([C@H](C(=O)N2C[C@H](O)C[C@H]2C(=O)N[C@@H](COCCOCCOCCN(C)C(=O)OC(C)(C)C)c2ccc(-c3scnc3C)cc2)C(C)C)on1. The summed E-state index contributed by atoms with van der Waals surface area (Å²) in [5, 5.41) is 35.4. The number of nitrogens with one attached hydrogen (secondary N) is 2. The zero-order valence-electron chi connectivity index (χ0n) is 64.3. The van der Waals surface area contributed by atoms with Gasteiger partial charge in [-0.25, -0.2) is 19.6 Å². The second kappa shape index (κ2) is 41.0.